The minimum absolute atomic E-state index is 0.0141. The predicted octanol–water partition coefficient (Wildman–Crippen LogP) is 7.50. The number of anilines is 2. The number of hydrogen-bond acceptors (Lipinski definition) is 10. The van der Waals surface area contributed by atoms with Crippen LogP contribution in [0.5, 0.6) is 0 Å². The van der Waals surface area contributed by atoms with E-state index in [0.29, 0.717) is 43.3 Å². The zero-order valence-corrected chi connectivity index (χ0v) is 25.7. The summed E-state index contributed by atoms with van der Waals surface area (Å²) >= 11 is 0. The molecule has 10 heteroatoms. The maximum Gasteiger partial charge on any atom is 0.311 e. The van der Waals surface area contributed by atoms with E-state index in [-0.39, 0.29) is 19.2 Å². The summed E-state index contributed by atoms with van der Waals surface area (Å²) in [5.41, 5.74) is 4.29. The number of carbonyl (C=O) groups is 1. The van der Waals surface area contributed by atoms with Gasteiger partial charge in [0.05, 0.1) is 47.9 Å². The molecule has 0 aliphatic heterocycles. The Morgan fingerprint density at radius 1 is 0.721 bits per heavy atom. The Bertz CT molecular complexity index is 1310. The van der Waals surface area contributed by atoms with Crippen molar-refractivity contribution in [2.45, 2.75) is 40.0 Å². The van der Waals surface area contributed by atoms with E-state index >= 15 is 0 Å². The second kappa shape index (κ2) is 17.1. The SMILES string of the molecule is CCCC(C)(CC)C(=O)OCCN(C)c1ccc(/N=N/c2ccc(/N=N/c3ccc(N(CCO)CCO)cc3)cc2)cc1. The van der Waals surface area contributed by atoms with Crippen LogP contribution in [0.15, 0.2) is 93.3 Å². The van der Waals surface area contributed by atoms with Crippen molar-refractivity contribution >= 4 is 40.1 Å². The third kappa shape index (κ3) is 10.3. The second-order valence-electron chi connectivity index (χ2n) is 10.6. The zero-order valence-electron chi connectivity index (χ0n) is 25.7. The van der Waals surface area contributed by atoms with Crippen LogP contribution in [0.25, 0.3) is 0 Å². The molecule has 0 aromatic heterocycles. The van der Waals surface area contributed by atoms with Gasteiger partial charge in [-0.3, -0.25) is 4.79 Å². The molecule has 230 valence electrons. The molecule has 2 N–H and O–H groups in total. The lowest BCUT2D eigenvalue weighted by atomic mass is 9.83. The third-order valence-electron chi connectivity index (χ3n) is 7.39. The molecule has 1 unspecified atom stereocenters. The molecule has 10 nitrogen and oxygen atoms in total. The van der Waals surface area contributed by atoms with Crippen LogP contribution in [0.2, 0.25) is 0 Å². The minimum Gasteiger partial charge on any atom is -0.463 e. The molecule has 0 saturated carbocycles. The fraction of sp³-hybridized carbons (Fsp3) is 0.424. The van der Waals surface area contributed by atoms with E-state index in [4.69, 9.17) is 4.74 Å². The van der Waals surface area contributed by atoms with Crippen molar-refractivity contribution in [3.8, 4) is 0 Å². The summed E-state index contributed by atoms with van der Waals surface area (Å²) in [6, 6.07) is 22.5. The van der Waals surface area contributed by atoms with Crippen LogP contribution >= 0.6 is 0 Å². The van der Waals surface area contributed by atoms with Crippen molar-refractivity contribution in [1.82, 2.24) is 0 Å². The van der Waals surface area contributed by atoms with E-state index in [1.54, 1.807) is 0 Å². The number of esters is 1. The first kappa shape index (κ1) is 33.4. The van der Waals surface area contributed by atoms with Crippen LogP contribution in [0.3, 0.4) is 0 Å². The Morgan fingerprint density at radius 3 is 1.53 bits per heavy atom. The summed E-state index contributed by atoms with van der Waals surface area (Å²) in [7, 11) is 1.97. The number of carbonyl (C=O) groups excluding carboxylic acids is 1. The number of aliphatic hydroxyl groups excluding tert-OH is 2. The molecule has 0 aliphatic carbocycles. The molecule has 0 radical (unpaired) electrons. The Hall–Kier alpha value is -4.15. The Morgan fingerprint density at radius 2 is 1.14 bits per heavy atom. The van der Waals surface area contributed by atoms with Crippen LogP contribution in [-0.4, -0.2) is 62.7 Å². The Balaban J connectivity index is 1.49. The summed E-state index contributed by atoms with van der Waals surface area (Å²) in [5.74, 6) is -0.121. The number of aliphatic hydroxyl groups is 2. The molecule has 0 heterocycles. The fourth-order valence-electron chi connectivity index (χ4n) is 4.49. The van der Waals surface area contributed by atoms with Crippen molar-refractivity contribution < 1.29 is 19.7 Å². The van der Waals surface area contributed by atoms with Gasteiger partial charge in [0.1, 0.15) is 6.61 Å². The van der Waals surface area contributed by atoms with Crippen LogP contribution in [0, 0.1) is 5.41 Å². The van der Waals surface area contributed by atoms with E-state index in [2.05, 4.69) is 27.4 Å². The summed E-state index contributed by atoms with van der Waals surface area (Å²) in [6.07, 6.45) is 2.56. The van der Waals surface area contributed by atoms with Crippen LogP contribution < -0.4 is 9.80 Å². The van der Waals surface area contributed by atoms with Crippen LogP contribution in [0.1, 0.15) is 40.0 Å². The fourth-order valence-corrected chi connectivity index (χ4v) is 4.49. The highest BCUT2D eigenvalue weighted by molar-refractivity contribution is 5.76. The second-order valence-corrected chi connectivity index (χ2v) is 10.6. The van der Waals surface area contributed by atoms with Gasteiger partial charge >= 0.3 is 5.97 Å². The van der Waals surface area contributed by atoms with E-state index in [0.717, 1.165) is 36.3 Å². The smallest absolute Gasteiger partial charge is 0.311 e. The maximum absolute atomic E-state index is 12.5. The molecule has 0 bridgehead atoms. The molecule has 3 aromatic rings. The molecular formula is C33H44N6O4. The third-order valence-corrected chi connectivity index (χ3v) is 7.39. The average molecular weight is 589 g/mol. The van der Waals surface area contributed by atoms with E-state index in [1.165, 1.54) is 0 Å². The van der Waals surface area contributed by atoms with Gasteiger partial charge < -0.3 is 24.7 Å². The summed E-state index contributed by atoms with van der Waals surface area (Å²) < 4.78 is 5.58. The highest BCUT2D eigenvalue weighted by atomic mass is 16.5. The van der Waals surface area contributed by atoms with Gasteiger partial charge in [-0.1, -0.05) is 20.3 Å². The number of ether oxygens (including phenoxy) is 1. The summed E-state index contributed by atoms with van der Waals surface area (Å²) in [4.78, 5) is 16.5. The number of rotatable bonds is 17. The lowest BCUT2D eigenvalue weighted by Gasteiger charge is -2.26. The molecule has 0 spiro atoms. The largest absolute Gasteiger partial charge is 0.463 e. The van der Waals surface area contributed by atoms with Crippen molar-refractivity contribution in [1.29, 1.82) is 0 Å². The normalized spacial score (nSPS) is 12.9. The van der Waals surface area contributed by atoms with E-state index in [1.807, 2.05) is 103 Å². The first-order valence-corrected chi connectivity index (χ1v) is 14.8. The first-order valence-electron chi connectivity index (χ1n) is 14.8. The monoisotopic (exact) mass is 588 g/mol. The molecular weight excluding hydrogens is 544 g/mol. The Labute approximate surface area is 254 Å². The first-order chi connectivity index (χ1) is 20.8. The number of likely N-dealkylation sites (N-methyl/N-ethyl adjacent to an activating group) is 1. The van der Waals surface area contributed by atoms with Gasteiger partial charge in [0.2, 0.25) is 0 Å². The molecule has 43 heavy (non-hydrogen) atoms. The van der Waals surface area contributed by atoms with Crippen molar-refractivity contribution in [3.05, 3.63) is 72.8 Å². The summed E-state index contributed by atoms with van der Waals surface area (Å²) in [6.45, 7) is 7.97. The standard InChI is InChI=1S/C33H44N6O4/c1-5-19-33(3,6-2)32(42)43-25-22-38(4)30-15-11-28(12-16-30)36-34-26-7-9-27(10-8-26)35-37-29-13-17-31(18-14-29)39(20-23-40)21-24-41/h7-18,40-41H,5-6,19-25H2,1-4H3/b36-34+,37-35+. The minimum atomic E-state index is -0.413. The topological polar surface area (TPSA) is 123 Å². The Kier molecular flexibility index (Phi) is 13.3. The lowest BCUT2D eigenvalue weighted by Crippen LogP contribution is -2.32. The van der Waals surface area contributed by atoms with Gasteiger partial charge in [-0.15, -0.1) is 0 Å². The van der Waals surface area contributed by atoms with Crippen molar-refractivity contribution in [2.75, 3.05) is 56.3 Å². The van der Waals surface area contributed by atoms with Crippen LogP contribution in [0.4, 0.5) is 34.1 Å². The maximum atomic E-state index is 12.5. The van der Waals surface area contributed by atoms with E-state index in [9.17, 15) is 15.0 Å². The molecule has 3 rings (SSSR count). The number of benzene rings is 3. The molecule has 0 aliphatic rings. The highest BCUT2D eigenvalue weighted by Crippen LogP contribution is 2.29. The molecule has 0 fully saturated rings. The predicted molar refractivity (Wildman–Crippen MR) is 172 cm³/mol. The van der Waals surface area contributed by atoms with E-state index < -0.39 is 5.41 Å². The number of hydrogen-bond donors (Lipinski definition) is 2. The van der Waals surface area contributed by atoms with Crippen molar-refractivity contribution in [2.24, 2.45) is 25.9 Å². The molecule has 0 amide bonds. The summed E-state index contributed by atoms with van der Waals surface area (Å²) in [5, 5.41) is 35.7. The quantitative estimate of drug-likeness (QED) is 0.124. The van der Waals surface area contributed by atoms with Gasteiger partial charge in [-0.2, -0.15) is 20.5 Å². The van der Waals surface area contributed by atoms with Gasteiger partial charge in [-0.25, -0.2) is 0 Å². The lowest BCUT2D eigenvalue weighted by molar-refractivity contribution is -0.155. The molecule has 0 saturated heterocycles. The molecule has 3 aromatic carbocycles. The number of nitrogens with zero attached hydrogens (tertiary/aromatic N) is 6. The van der Waals surface area contributed by atoms with Crippen LogP contribution in [-0.2, 0) is 9.53 Å². The zero-order chi connectivity index (χ0) is 31.1. The van der Waals surface area contributed by atoms with Gasteiger partial charge in [-0.05, 0) is 92.6 Å². The van der Waals surface area contributed by atoms with Gasteiger partial charge in [0.15, 0.2) is 0 Å². The highest BCUT2D eigenvalue weighted by Gasteiger charge is 2.31. The average Bonchev–Trinajstić information content (AvgIpc) is 3.03. The number of azo groups is 2. The molecule has 1 atom stereocenters. The van der Waals surface area contributed by atoms with Gasteiger partial charge in [0, 0.05) is 31.5 Å². The van der Waals surface area contributed by atoms with Gasteiger partial charge in [0.25, 0.3) is 0 Å². The van der Waals surface area contributed by atoms with Crippen molar-refractivity contribution in [3.63, 3.8) is 0 Å².